The van der Waals surface area contributed by atoms with Crippen LogP contribution in [0, 0.1) is 0 Å². The molecule has 31 heavy (non-hydrogen) atoms. The molecular formula is C23H23N5O3. The highest BCUT2D eigenvalue weighted by molar-refractivity contribution is 6.04. The summed E-state index contributed by atoms with van der Waals surface area (Å²) in [5, 5.41) is 8.44. The van der Waals surface area contributed by atoms with E-state index < -0.39 is 0 Å². The molecule has 1 saturated carbocycles. The SMILES string of the molecule is CCc1cc(=O)[nH]c(-c2cccc(NC(=O)c3ccc(NC(=O)NC4CC4)cc3)c2)n1. The minimum absolute atomic E-state index is 0.212. The Balaban J connectivity index is 1.43. The van der Waals surface area contributed by atoms with Gasteiger partial charge in [0.05, 0.1) is 0 Å². The molecule has 0 saturated heterocycles. The Morgan fingerprint density at radius 1 is 1.03 bits per heavy atom. The molecule has 3 aromatic rings. The van der Waals surface area contributed by atoms with E-state index in [1.54, 1.807) is 42.5 Å². The highest BCUT2D eigenvalue weighted by atomic mass is 16.2. The van der Waals surface area contributed by atoms with Gasteiger partial charge in [-0.25, -0.2) is 9.78 Å². The van der Waals surface area contributed by atoms with Gasteiger partial charge in [0.15, 0.2) is 0 Å². The fourth-order valence-corrected chi connectivity index (χ4v) is 3.06. The van der Waals surface area contributed by atoms with Gasteiger partial charge in [0.2, 0.25) is 0 Å². The minimum Gasteiger partial charge on any atom is -0.335 e. The second kappa shape index (κ2) is 8.83. The van der Waals surface area contributed by atoms with Gasteiger partial charge in [0.25, 0.3) is 11.5 Å². The topological polar surface area (TPSA) is 116 Å². The van der Waals surface area contributed by atoms with Gasteiger partial charge in [-0.1, -0.05) is 19.1 Å². The van der Waals surface area contributed by atoms with Crippen LogP contribution in [0.3, 0.4) is 0 Å². The van der Waals surface area contributed by atoms with E-state index in [1.165, 1.54) is 6.07 Å². The Kier molecular flexibility index (Phi) is 5.79. The van der Waals surface area contributed by atoms with E-state index in [4.69, 9.17) is 0 Å². The predicted octanol–water partition coefficient (Wildman–Crippen LogP) is 3.54. The van der Waals surface area contributed by atoms with Crippen molar-refractivity contribution >= 4 is 23.3 Å². The molecule has 158 valence electrons. The van der Waals surface area contributed by atoms with Gasteiger partial charge < -0.3 is 20.9 Å². The third-order valence-corrected chi connectivity index (χ3v) is 4.87. The maximum absolute atomic E-state index is 12.6. The summed E-state index contributed by atoms with van der Waals surface area (Å²) in [6.45, 7) is 1.93. The molecule has 1 aliphatic carbocycles. The number of rotatable bonds is 6. The largest absolute Gasteiger partial charge is 0.335 e. The molecule has 8 heteroatoms. The number of carbonyl (C=O) groups excluding carboxylic acids is 2. The van der Waals surface area contributed by atoms with Crippen molar-refractivity contribution in [2.45, 2.75) is 32.2 Å². The van der Waals surface area contributed by atoms with Crippen LogP contribution < -0.4 is 21.5 Å². The highest BCUT2D eigenvalue weighted by Gasteiger charge is 2.23. The van der Waals surface area contributed by atoms with Crippen molar-refractivity contribution in [3.8, 4) is 11.4 Å². The zero-order valence-electron chi connectivity index (χ0n) is 17.1. The molecule has 4 N–H and O–H groups in total. The number of nitrogens with one attached hydrogen (secondary N) is 4. The van der Waals surface area contributed by atoms with E-state index in [9.17, 15) is 14.4 Å². The summed E-state index contributed by atoms with van der Waals surface area (Å²) in [5.41, 5.74) is 2.84. The fourth-order valence-electron chi connectivity index (χ4n) is 3.06. The standard InChI is InChI=1S/C23H23N5O3/c1-2-16-13-20(29)28-21(24-16)15-4-3-5-19(12-15)25-22(30)14-6-8-17(9-7-14)26-23(31)27-18-10-11-18/h3-9,12-13,18H,2,10-11H2,1H3,(H,25,30)(H,24,28,29)(H2,26,27,31). The molecule has 1 fully saturated rings. The number of aromatic amines is 1. The monoisotopic (exact) mass is 417 g/mol. The molecule has 1 aromatic heterocycles. The summed E-state index contributed by atoms with van der Waals surface area (Å²) in [5.74, 6) is 0.176. The Labute approximate surface area is 179 Å². The van der Waals surface area contributed by atoms with Crippen LogP contribution in [-0.4, -0.2) is 27.9 Å². The second-order valence-corrected chi connectivity index (χ2v) is 7.42. The normalized spacial score (nSPS) is 12.8. The van der Waals surface area contributed by atoms with Crippen molar-refractivity contribution in [3.05, 3.63) is 76.2 Å². The number of benzene rings is 2. The van der Waals surface area contributed by atoms with Crippen molar-refractivity contribution in [1.82, 2.24) is 15.3 Å². The molecule has 0 spiro atoms. The number of anilines is 2. The lowest BCUT2D eigenvalue weighted by Gasteiger charge is -2.09. The average Bonchev–Trinajstić information content (AvgIpc) is 3.57. The number of nitrogens with zero attached hydrogens (tertiary/aromatic N) is 1. The van der Waals surface area contributed by atoms with Crippen LogP contribution in [-0.2, 0) is 6.42 Å². The molecule has 0 aliphatic heterocycles. The number of urea groups is 1. The zero-order valence-corrected chi connectivity index (χ0v) is 17.1. The van der Waals surface area contributed by atoms with Crippen LogP contribution in [0.2, 0.25) is 0 Å². The van der Waals surface area contributed by atoms with E-state index in [0.717, 1.165) is 12.8 Å². The molecule has 8 nitrogen and oxygen atoms in total. The third kappa shape index (κ3) is 5.36. The van der Waals surface area contributed by atoms with Gasteiger partial charge >= 0.3 is 6.03 Å². The second-order valence-electron chi connectivity index (χ2n) is 7.42. The fraction of sp³-hybridized carbons (Fsp3) is 0.217. The van der Waals surface area contributed by atoms with Crippen molar-refractivity contribution in [3.63, 3.8) is 0 Å². The van der Waals surface area contributed by atoms with Crippen molar-refractivity contribution in [2.75, 3.05) is 10.6 Å². The quantitative estimate of drug-likeness (QED) is 0.491. The first-order valence-electron chi connectivity index (χ1n) is 10.2. The van der Waals surface area contributed by atoms with Crippen molar-refractivity contribution in [2.24, 2.45) is 0 Å². The van der Waals surface area contributed by atoms with E-state index in [2.05, 4.69) is 25.9 Å². The molecule has 4 rings (SSSR count). The average molecular weight is 417 g/mol. The van der Waals surface area contributed by atoms with E-state index in [1.807, 2.05) is 13.0 Å². The van der Waals surface area contributed by atoms with Crippen molar-refractivity contribution in [1.29, 1.82) is 0 Å². The zero-order chi connectivity index (χ0) is 21.8. The van der Waals surface area contributed by atoms with Crippen LogP contribution in [0.1, 0.15) is 35.8 Å². The minimum atomic E-state index is -0.283. The lowest BCUT2D eigenvalue weighted by Crippen LogP contribution is -2.30. The molecule has 1 heterocycles. The molecule has 0 unspecified atom stereocenters. The summed E-state index contributed by atoms with van der Waals surface area (Å²) in [6.07, 6.45) is 2.69. The number of hydrogen-bond acceptors (Lipinski definition) is 4. The Bertz CT molecular complexity index is 1170. The molecule has 1 aliphatic rings. The smallest absolute Gasteiger partial charge is 0.319 e. The summed E-state index contributed by atoms with van der Waals surface area (Å²) in [4.78, 5) is 43.4. The first kappa shape index (κ1) is 20.3. The van der Waals surface area contributed by atoms with E-state index >= 15 is 0 Å². The van der Waals surface area contributed by atoms with E-state index in [-0.39, 0.29) is 23.5 Å². The number of H-pyrrole nitrogens is 1. The molecule has 0 radical (unpaired) electrons. The maximum Gasteiger partial charge on any atom is 0.319 e. The Morgan fingerprint density at radius 3 is 2.52 bits per heavy atom. The van der Waals surface area contributed by atoms with Crippen molar-refractivity contribution < 1.29 is 9.59 Å². The third-order valence-electron chi connectivity index (χ3n) is 4.87. The van der Waals surface area contributed by atoms with E-state index in [0.29, 0.717) is 40.4 Å². The first-order valence-corrected chi connectivity index (χ1v) is 10.2. The molecule has 0 bridgehead atoms. The molecular weight excluding hydrogens is 394 g/mol. The van der Waals surface area contributed by atoms with Crippen LogP contribution in [0.15, 0.2) is 59.4 Å². The molecule has 3 amide bonds. The van der Waals surface area contributed by atoms with Gasteiger partial charge in [0, 0.05) is 40.3 Å². The maximum atomic E-state index is 12.6. The Hall–Kier alpha value is -3.94. The van der Waals surface area contributed by atoms with Gasteiger partial charge in [-0.05, 0) is 55.7 Å². The van der Waals surface area contributed by atoms with Crippen LogP contribution in [0.25, 0.3) is 11.4 Å². The molecule has 0 atom stereocenters. The lowest BCUT2D eigenvalue weighted by atomic mass is 10.1. The van der Waals surface area contributed by atoms with Gasteiger partial charge in [0.1, 0.15) is 5.82 Å². The van der Waals surface area contributed by atoms with Crippen LogP contribution in [0.4, 0.5) is 16.2 Å². The summed E-state index contributed by atoms with van der Waals surface area (Å²) in [6, 6.07) is 15.3. The number of amides is 3. The summed E-state index contributed by atoms with van der Waals surface area (Å²) < 4.78 is 0. The number of aromatic nitrogens is 2. The number of hydrogen-bond donors (Lipinski definition) is 4. The summed E-state index contributed by atoms with van der Waals surface area (Å²) >= 11 is 0. The number of aryl methyl sites for hydroxylation is 1. The van der Waals surface area contributed by atoms with Gasteiger partial charge in [-0.3, -0.25) is 9.59 Å². The van der Waals surface area contributed by atoms with Crippen LogP contribution >= 0.6 is 0 Å². The summed E-state index contributed by atoms with van der Waals surface area (Å²) in [7, 11) is 0. The predicted molar refractivity (Wildman–Crippen MR) is 119 cm³/mol. The first-order chi connectivity index (χ1) is 15.0. The lowest BCUT2D eigenvalue weighted by molar-refractivity contribution is 0.102. The molecule has 2 aromatic carbocycles. The number of carbonyl (C=O) groups is 2. The Morgan fingerprint density at radius 2 is 1.81 bits per heavy atom. The highest BCUT2D eigenvalue weighted by Crippen LogP contribution is 2.21. The van der Waals surface area contributed by atoms with Gasteiger partial charge in [-0.15, -0.1) is 0 Å². The van der Waals surface area contributed by atoms with Crippen LogP contribution in [0.5, 0.6) is 0 Å². The van der Waals surface area contributed by atoms with Gasteiger partial charge in [-0.2, -0.15) is 0 Å².